The highest BCUT2D eigenvalue weighted by molar-refractivity contribution is 7.71. The van der Waals surface area contributed by atoms with E-state index in [0.717, 1.165) is 5.69 Å². The molecule has 0 saturated carbocycles. The predicted molar refractivity (Wildman–Crippen MR) is 148 cm³/mol. The number of aromatic nitrogens is 5. The third-order valence-corrected chi connectivity index (χ3v) is 10.3. The lowest BCUT2D eigenvalue weighted by Crippen LogP contribution is -2.37. The number of fused-ring (bicyclic) bond motifs is 1. The molecule has 0 spiro atoms. The van der Waals surface area contributed by atoms with Crippen LogP contribution in [0.1, 0.15) is 41.7 Å². The third kappa shape index (κ3) is 5.37. The van der Waals surface area contributed by atoms with E-state index in [4.69, 9.17) is 0 Å². The zero-order valence-corrected chi connectivity index (χ0v) is 23.2. The molecule has 4 heterocycles. The van der Waals surface area contributed by atoms with Gasteiger partial charge in [0, 0.05) is 44.0 Å². The maximum absolute atomic E-state index is 14.2. The Morgan fingerprint density at radius 1 is 1.05 bits per heavy atom. The molecule has 2 atom stereocenters. The first kappa shape index (κ1) is 27.1. The first-order valence-electron chi connectivity index (χ1n) is 12.8. The second kappa shape index (κ2) is 10.6. The highest BCUT2D eigenvalue weighted by atomic mass is 31.2. The van der Waals surface area contributed by atoms with Gasteiger partial charge in [0.2, 0.25) is 0 Å². The number of benzene rings is 1. The average molecular weight is 558 g/mol. The molecule has 1 saturated heterocycles. The number of hydrogen-bond acceptors (Lipinski definition) is 7. The number of hydrogen-bond donors (Lipinski definition) is 1. The summed E-state index contributed by atoms with van der Waals surface area (Å²) in [5.41, 5.74) is 3.28. The van der Waals surface area contributed by atoms with Crippen LogP contribution in [-0.2, 0) is 11.6 Å². The summed E-state index contributed by atoms with van der Waals surface area (Å²) in [5, 5.41) is 8.26. The summed E-state index contributed by atoms with van der Waals surface area (Å²) in [6.45, 7) is 6.55. The molecule has 0 amide bonds. The summed E-state index contributed by atoms with van der Waals surface area (Å²) < 4.78 is 56.1. The van der Waals surface area contributed by atoms with Crippen LogP contribution in [0.3, 0.4) is 0 Å². The number of rotatable bonds is 7. The maximum atomic E-state index is 14.2. The monoisotopic (exact) mass is 557 g/mol. The van der Waals surface area contributed by atoms with Crippen LogP contribution in [-0.4, -0.2) is 56.6 Å². The summed E-state index contributed by atoms with van der Waals surface area (Å²) in [6.07, 6.45) is 0.920. The van der Waals surface area contributed by atoms with Gasteiger partial charge in [0.1, 0.15) is 24.2 Å². The fraction of sp³-hybridized carbons (Fsp3) is 0.407. The van der Waals surface area contributed by atoms with Crippen molar-refractivity contribution >= 4 is 35.0 Å². The van der Waals surface area contributed by atoms with Crippen LogP contribution < -0.4 is 15.7 Å². The molecule has 0 bridgehead atoms. The molecule has 1 fully saturated rings. The van der Waals surface area contributed by atoms with Gasteiger partial charge in [0.05, 0.1) is 29.6 Å². The van der Waals surface area contributed by atoms with Crippen molar-refractivity contribution in [1.29, 1.82) is 0 Å². The standard InChI is InChI=1S/C27H31F3N7OP/c1-16-20(6-5-7-21(16)25(28)26(29)30)17(2)33-27-22-12-24(31-14-23(22)34-18(3)35-27)39(38)10-8-37(9-11-39)19-13-32-36(4)15-19/h5-7,12-15,17,25-26H,8-11H2,1-4H3,(H,33,34,35)/t17-,25?/m1/s1. The largest absolute Gasteiger partial charge is 0.368 e. The van der Waals surface area contributed by atoms with E-state index in [1.54, 1.807) is 36.9 Å². The Labute approximate surface area is 225 Å². The van der Waals surface area contributed by atoms with Crippen LogP contribution in [0.25, 0.3) is 10.9 Å². The lowest BCUT2D eigenvalue weighted by Gasteiger charge is -2.32. The Balaban J connectivity index is 1.43. The highest BCUT2D eigenvalue weighted by Gasteiger charge is 2.33. The van der Waals surface area contributed by atoms with Crippen molar-refractivity contribution in [2.75, 3.05) is 35.6 Å². The number of halogens is 3. The van der Waals surface area contributed by atoms with E-state index in [9.17, 15) is 17.7 Å². The fourth-order valence-electron chi connectivity index (χ4n) is 5.18. The summed E-state index contributed by atoms with van der Waals surface area (Å²) in [7, 11) is -0.888. The minimum Gasteiger partial charge on any atom is -0.368 e. The first-order valence-corrected chi connectivity index (χ1v) is 14.9. The van der Waals surface area contributed by atoms with Crippen molar-refractivity contribution in [3.63, 3.8) is 0 Å². The summed E-state index contributed by atoms with van der Waals surface area (Å²) in [4.78, 5) is 15.8. The van der Waals surface area contributed by atoms with Gasteiger partial charge in [-0.3, -0.25) is 9.67 Å². The van der Waals surface area contributed by atoms with Gasteiger partial charge in [0.15, 0.2) is 6.17 Å². The van der Waals surface area contributed by atoms with Gasteiger partial charge in [-0.05, 0) is 43.5 Å². The molecular formula is C27H31F3N7OP. The molecule has 5 rings (SSSR count). The van der Waals surface area contributed by atoms with Gasteiger partial charge in [-0.25, -0.2) is 23.1 Å². The minimum atomic E-state index is -3.10. The van der Waals surface area contributed by atoms with Gasteiger partial charge in [-0.1, -0.05) is 18.2 Å². The van der Waals surface area contributed by atoms with Crippen molar-refractivity contribution in [2.45, 2.75) is 39.4 Å². The fourth-order valence-corrected chi connectivity index (χ4v) is 7.62. The Morgan fingerprint density at radius 2 is 1.77 bits per heavy atom. The molecule has 206 valence electrons. The van der Waals surface area contributed by atoms with Crippen molar-refractivity contribution in [3.8, 4) is 0 Å². The highest BCUT2D eigenvalue weighted by Crippen LogP contribution is 2.46. The number of pyridine rings is 1. The van der Waals surface area contributed by atoms with Crippen molar-refractivity contribution in [3.05, 3.63) is 65.4 Å². The summed E-state index contributed by atoms with van der Waals surface area (Å²) in [6, 6.07) is 6.19. The van der Waals surface area contributed by atoms with E-state index < -0.39 is 19.7 Å². The topological polar surface area (TPSA) is 88.8 Å². The quantitative estimate of drug-likeness (QED) is 0.307. The normalized spacial score (nSPS) is 17.0. The molecule has 4 aromatic rings. The maximum Gasteiger partial charge on any atom is 0.273 e. The van der Waals surface area contributed by atoms with Gasteiger partial charge in [0.25, 0.3) is 6.43 Å². The van der Waals surface area contributed by atoms with Crippen molar-refractivity contribution < 1.29 is 17.7 Å². The third-order valence-electron chi connectivity index (χ3n) is 7.37. The van der Waals surface area contributed by atoms with E-state index in [1.807, 2.05) is 32.4 Å². The van der Waals surface area contributed by atoms with Crippen LogP contribution >= 0.6 is 7.14 Å². The van der Waals surface area contributed by atoms with Gasteiger partial charge in [-0.15, -0.1) is 0 Å². The smallest absolute Gasteiger partial charge is 0.273 e. The van der Waals surface area contributed by atoms with Gasteiger partial charge in [-0.2, -0.15) is 5.10 Å². The Hall–Kier alpha value is -3.46. The number of nitrogens with one attached hydrogen (secondary N) is 1. The number of aryl methyl sites for hydroxylation is 2. The number of nitrogens with zero attached hydrogens (tertiary/aromatic N) is 6. The molecule has 1 N–H and O–H groups in total. The molecule has 1 unspecified atom stereocenters. The molecular weight excluding hydrogens is 526 g/mol. The SMILES string of the molecule is Cc1nc(N[C@H](C)c2cccc(C(F)C(F)F)c2C)c2cc(P3(=O)CCN(c4cnn(C)c4)CC3)ncc2n1. The van der Waals surface area contributed by atoms with Crippen LogP contribution in [0.2, 0.25) is 0 Å². The van der Waals surface area contributed by atoms with E-state index >= 15 is 0 Å². The summed E-state index contributed by atoms with van der Waals surface area (Å²) in [5.74, 6) is 1.04. The Morgan fingerprint density at radius 3 is 2.44 bits per heavy atom. The second-order valence-corrected chi connectivity index (χ2v) is 13.2. The average Bonchev–Trinajstić information content (AvgIpc) is 3.34. The molecule has 0 aliphatic carbocycles. The molecule has 39 heavy (non-hydrogen) atoms. The minimum absolute atomic E-state index is 0.0258. The van der Waals surface area contributed by atoms with Crippen molar-refractivity contribution in [1.82, 2.24) is 24.7 Å². The zero-order valence-electron chi connectivity index (χ0n) is 22.3. The first-order chi connectivity index (χ1) is 18.6. The lowest BCUT2D eigenvalue weighted by atomic mass is 9.95. The van der Waals surface area contributed by atoms with Crippen LogP contribution in [0.15, 0.2) is 42.9 Å². The molecule has 12 heteroatoms. The summed E-state index contributed by atoms with van der Waals surface area (Å²) >= 11 is 0. The molecule has 3 aromatic heterocycles. The Kier molecular flexibility index (Phi) is 7.37. The number of anilines is 2. The van der Waals surface area contributed by atoms with Crippen LogP contribution in [0.5, 0.6) is 0 Å². The van der Waals surface area contributed by atoms with E-state index in [-0.39, 0.29) is 11.6 Å². The molecule has 0 radical (unpaired) electrons. The second-order valence-electron chi connectivity index (χ2n) is 10.0. The zero-order chi connectivity index (χ0) is 27.9. The lowest BCUT2D eigenvalue weighted by molar-refractivity contribution is 0.0492. The van der Waals surface area contributed by atoms with Gasteiger partial charge >= 0.3 is 0 Å². The molecule has 1 aliphatic heterocycles. The molecule has 1 aliphatic rings. The van der Waals surface area contributed by atoms with Gasteiger partial charge < -0.3 is 14.8 Å². The van der Waals surface area contributed by atoms with E-state index in [0.29, 0.717) is 64.5 Å². The molecule has 1 aromatic carbocycles. The number of alkyl halides is 3. The van der Waals surface area contributed by atoms with Crippen LogP contribution in [0.4, 0.5) is 24.7 Å². The molecule has 8 nitrogen and oxygen atoms in total. The van der Waals surface area contributed by atoms with E-state index in [1.165, 1.54) is 6.07 Å². The van der Waals surface area contributed by atoms with Crippen LogP contribution in [0, 0.1) is 13.8 Å². The Bertz CT molecular complexity index is 1550. The predicted octanol–water partition coefficient (Wildman–Crippen LogP) is 5.33. The van der Waals surface area contributed by atoms with E-state index in [2.05, 4.69) is 30.3 Å². The van der Waals surface area contributed by atoms with Crippen molar-refractivity contribution in [2.24, 2.45) is 7.05 Å².